The quantitative estimate of drug-likeness (QED) is 0.801. The lowest BCUT2D eigenvalue weighted by atomic mass is 9.88. The van der Waals surface area contributed by atoms with Crippen LogP contribution < -0.4 is 0 Å². The van der Waals surface area contributed by atoms with Crippen LogP contribution in [0.25, 0.3) is 0 Å². The van der Waals surface area contributed by atoms with Crippen LogP contribution in [-0.2, 0) is 19.7 Å². The van der Waals surface area contributed by atoms with Crippen LogP contribution >= 0.6 is 11.3 Å². The van der Waals surface area contributed by atoms with E-state index in [1.165, 1.54) is 6.42 Å². The van der Waals surface area contributed by atoms with Gasteiger partial charge in [0.05, 0.1) is 29.5 Å². The molecular weight excluding hydrogens is 274 g/mol. The van der Waals surface area contributed by atoms with Gasteiger partial charge < -0.3 is 9.47 Å². The molecule has 0 aromatic carbocycles. The average Bonchev–Trinajstić information content (AvgIpc) is 3.14. The highest BCUT2D eigenvalue weighted by atomic mass is 32.1. The van der Waals surface area contributed by atoms with Crippen molar-refractivity contribution < 1.29 is 14.3 Å². The summed E-state index contributed by atoms with van der Waals surface area (Å²) in [7, 11) is 0. The highest BCUT2D eigenvalue weighted by Crippen LogP contribution is 2.45. The monoisotopic (exact) mass is 295 g/mol. The molecule has 3 unspecified atom stereocenters. The minimum Gasteiger partial charge on any atom is -0.465 e. The van der Waals surface area contributed by atoms with Crippen LogP contribution in [0.3, 0.4) is 0 Å². The molecule has 0 aliphatic carbocycles. The number of ether oxygens (including phenoxy) is 2. The van der Waals surface area contributed by atoms with E-state index in [2.05, 4.69) is 0 Å². The van der Waals surface area contributed by atoms with Crippen molar-refractivity contribution in [2.24, 2.45) is 0 Å². The second-order valence-electron chi connectivity index (χ2n) is 6.13. The second-order valence-corrected chi connectivity index (χ2v) is 7.02. The van der Waals surface area contributed by atoms with E-state index in [4.69, 9.17) is 14.5 Å². The van der Waals surface area contributed by atoms with E-state index in [1.807, 2.05) is 26.2 Å². The molecule has 0 saturated carbocycles. The van der Waals surface area contributed by atoms with E-state index in [-0.39, 0.29) is 5.97 Å². The lowest BCUT2D eigenvalue weighted by Crippen LogP contribution is -2.31. The summed E-state index contributed by atoms with van der Waals surface area (Å²) in [5, 5.41) is 3.11. The highest BCUT2D eigenvalue weighted by Gasteiger charge is 2.43. The van der Waals surface area contributed by atoms with Crippen molar-refractivity contribution >= 4 is 17.3 Å². The topological polar surface area (TPSA) is 48.4 Å². The first-order valence-corrected chi connectivity index (χ1v) is 8.19. The summed E-state index contributed by atoms with van der Waals surface area (Å²) >= 11 is 1.65. The molecule has 0 N–H and O–H groups in total. The van der Waals surface area contributed by atoms with E-state index < -0.39 is 5.41 Å². The van der Waals surface area contributed by atoms with Gasteiger partial charge in [0, 0.05) is 11.3 Å². The summed E-state index contributed by atoms with van der Waals surface area (Å²) < 4.78 is 11.0. The number of hydrogen-bond acceptors (Lipinski definition) is 5. The first-order chi connectivity index (χ1) is 9.52. The van der Waals surface area contributed by atoms with Gasteiger partial charge in [-0.2, -0.15) is 0 Å². The Morgan fingerprint density at radius 3 is 2.95 bits per heavy atom. The fraction of sp³-hybridized carbons (Fsp3) is 0.733. The van der Waals surface area contributed by atoms with Gasteiger partial charge in [-0.05, 0) is 40.0 Å². The molecule has 3 heterocycles. The van der Waals surface area contributed by atoms with Crippen LogP contribution in [0.15, 0.2) is 5.38 Å². The molecule has 1 aromatic rings. The maximum absolute atomic E-state index is 12.0. The van der Waals surface area contributed by atoms with Crippen molar-refractivity contribution in [1.29, 1.82) is 0 Å². The van der Waals surface area contributed by atoms with Crippen LogP contribution in [0, 0.1) is 0 Å². The lowest BCUT2D eigenvalue weighted by Gasteiger charge is -2.20. The predicted molar refractivity (Wildman–Crippen MR) is 77.0 cm³/mol. The molecule has 0 amide bonds. The number of aromatic nitrogens is 1. The lowest BCUT2D eigenvalue weighted by molar-refractivity contribution is -0.148. The molecule has 2 aliphatic rings. The molecule has 0 spiro atoms. The molecule has 4 nitrogen and oxygen atoms in total. The molecular formula is C15H21NO3S. The van der Waals surface area contributed by atoms with E-state index in [9.17, 15) is 4.79 Å². The van der Waals surface area contributed by atoms with Gasteiger partial charge in [-0.15, -0.1) is 11.3 Å². The minimum atomic E-state index is -0.677. The zero-order valence-electron chi connectivity index (χ0n) is 12.2. The van der Waals surface area contributed by atoms with Crippen LogP contribution in [-0.4, -0.2) is 29.8 Å². The Balaban J connectivity index is 1.78. The summed E-state index contributed by atoms with van der Waals surface area (Å²) in [5.41, 5.74) is 0.141. The third kappa shape index (κ3) is 2.27. The molecule has 20 heavy (non-hydrogen) atoms. The zero-order chi connectivity index (χ0) is 14.3. The Labute approximate surface area is 123 Å². The Kier molecular flexibility index (Phi) is 3.58. The van der Waals surface area contributed by atoms with Gasteiger partial charge in [0.25, 0.3) is 0 Å². The molecule has 2 fully saturated rings. The van der Waals surface area contributed by atoms with Gasteiger partial charge in [0.1, 0.15) is 5.41 Å². The van der Waals surface area contributed by atoms with Crippen LogP contribution in [0.4, 0.5) is 0 Å². The molecule has 3 atom stereocenters. The first-order valence-electron chi connectivity index (χ1n) is 7.31. The summed E-state index contributed by atoms with van der Waals surface area (Å²) in [6, 6.07) is 0. The fourth-order valence-electron chi connectivity index (χ4n) is 3.06. The second kappa shape index (κ2) is 5.11. The van der Waals surface area contributed by atoms with Crippen LogP contribution in [0.2, 0.25) is 0 Å². The largest absolute Gasteiger partial charge is 0.465 e. The van der Waals surface area contributed by atoms with Gasteiger partial charge in [-0.3, -0.25) is 4.79 Å². The minimum absolute atomic E-state index is 0.207. The number of esters is 1. The fourth-order valence-corrected chi connectivity index (χ4v) is 4.21. The van der Waals surface area contributed by atoms with E-state index in [0.29, 0.717) is 24.7 Å². The van der Waals surface area contributed by atoms with Gasteiger partial charge in [0.15, 0.2) is 0 Å². The molecule has 0 radical (unpaired) electrons. The van der Waals surface area contributed by atoms with Crippen molar-refractivity contribution in [2.75, 3.05) is 6.61 Å². The molecule has 3 rings (SSSR count). The molecule has 2 bridgehead atoms. The van der Waals surface area contributed by atoms with Crippen molar-refractivity contribution in [1.82, 2.24) is 4.98 Å². The number of hydrogen-bond donors (Lipinski definition) is 0. The maximum Gasteiger partial charge on any atom is 0.317 e. The Morgan fingerprint density at radius 2 is 2.35 bits per heavy atom. The standard InChI is InChI=1S/C15H21NO3S/c1-4-18-14(17)15(2,3)12-8-20-13(16-12)10-7-9-5-6-11(10)19-9/h8-11H,4-7H2,1-3H3. The van der Waals surface area contributed by atoms with Crippen molar-refractivity contribution in [3.05, 3.63) is 16.1 Å². The Bertz CT molecular complexity index is 511. The van der Waals surface area contributed by atoms with E-state index in [0.717, 1.165) is 23.5 Å². The predicted octanol–water partition coefficient (Wildman–Crippen LogP) is 3.02. The average molecular weight is 295 g/mol. The maximum atomic E-state index is 12.0. The van der Waals surface area contributed by atoms with Gasteiger partial charge in [0.2, 0.25) is 0 Å². The van der Waals surface area contributed by atoms with Crippen LogP contribution in [0.1, 0.15) is 56.7 Å². The number of carbonyl (C=O) groups is 1. The normalized spacial score (nSPS) is 28.9. The molecule has 2 saturated heterocycles. The van der Waals surface area contributed by atoms with Gasteiger partial charge in [-0.1, -0.05) is 0 Å². The summed E-state index contributed by atoms with van der Waals surface area (Å²) in [6.07, 6.45) is 4.18. The van der Waals surface area contributed by atoms with Crippen molar-refractivity contribution in [3.63, 3.8) is 0 Å². The van der Waals surface area contributed by atoms with Crippen molar-refractivity contribution in [2.45, 2.75) is 63.6 Å². The van der Waals surface area contributed by atoms with E-state index in [1.54, 1.807) is 11.3 Å². The number of thiazole rings is 1. The smallest absolute Gasteiger partial charge is 0.317 e. The number of nitrogens with zero attached hydrogens (tertiary/aromatic N) is 1. The molecule has 1 aromatic heterocycles. The summed E-state index contributed by atoms with van der Waals surface area (Å²) in [6.45, 7) is 5.98. The number of fused-ring (bicyclic) bond motifs is 2. The van der Waals surface area contributed by atoms with Crippen LogP contribution in [0.5, 0.6) is 0 Å². The Morgan fingerprint density at radius 1 is 1.55 bits per heavy atom. The number of carbonyl (C=O) groups excluding carboxylic acids is 1. The molecule has 5 heteroatoms. The Hall–Kier alpha value is -0.940. The third-order valence-corrected chi connectivity index (χ3v) is 5.35. The summed E-state index contributed by atoms with van der Waals surface area (Å²) in [4.78, 5) is 16.8. The summed E-state index contributed by atoms with van der Waals surface area (Å²) in [5.74, 6) is 0.214. The van der Waals surface area contributed by atoms with E-state index >= 15 is 0 Å². The SMILES string of the molecule is CCOC(=O)C(C)(C)c1csc(C2CC3CCC2O3)n1. The third-order valence-electron chi connectivity index (χ3n) is 4.37. The zero-order valence-corrected chi connectivity index (χ0v) is 13.0. The molecule has 2 aliphatic heterocycles. The molecule has 110 valence electrons. The van der Waals surface area contributed by atoms with Gasteiger partial charge in [-0.25, -0.2) is 4.98 Å². The highest BCUT2D eigenvalue weighted by molar-refractivity contribution is 7.09. The first kappa shape index (κ1) is 14.0. The number of rotatable bonds is 4. The van der Waals surface area contributed by atoms with Crippen molar-refractivity contribution in [3.8, 4) is 0 Å². The van der Waals surface area contributed by atoms with Gasteiger partial charge >= 0.3 is 5.97 Å².